The van der Waals surface area contributed by atoms with Crippen LogP contribution in [0.5, 0.6) is 11.5 Å². The lowest BCUT2D eigenvalue weighted by molar-refractivity contribution is -0.274. The Hall–Kier alpha value is -3.47. The van der Waals surface area contributed by atoms with Crippen LogP contribution < -0.4 is 14.8 Å². The molecule has 2 N–H and O–H groups in total. The maximum Gasteiger partial charge on any atom is 0.573 e. The predicted molar refractivity (Wildman–Crippen MR) is 129 cm³/mol. The van der Waals surface area contributed by atoms with Crippen LogP contribution in [0.4, 0.5) is 18.0 Å². The smallest absolute Gasteiger partial charge is 0.494 e. The summed E-state index contributed by atoms with van der Waals surface area (Å²) in [7, 11) is 1.68. The molecule has 2 aromatic rings. The first-order valence-corrected chi connectivity index (χ1v) is 11.8. The predicted octanol–water partition coefficient (Wildman–Crippen LogP) is 4.41. The highest BCUT2D eigenvalue weighted by molar-refractivity contribution is 5.78. The van der Waals surface area contributed by atoms with Crippen LogP contribution >= 0.6 is 0 Å². The molecule has 0 aliphatic carbocycles. The van der Waals surface area contributed by atoms with Crippen molar-refractivity contribution in [1.29, 1.82) is 0 Å². The van der Waals surface area contributed by atoms with Gasteiger partial charge in [0.25, 0.3) is 0 Å². The molecule has 202 valence electrons. The summed E-state index contributed by atoms with van der Waals surface area (Å²) in [6, 6.07) is 12.4. The van der Waals surface area contributed by atoms with Gasteiger partial charge in [-0.3, -0.25) is 0 Å². The van der Waals surface area contributed by atoms with Gasteiger partial charge in [0.1, 0.15) is 11.5 Å². The molecule has 0 saturated carbocycles. The molecular weight excluding hydrogens is 493 g/mol. The Morgan fingerprint density at radius 2 is 1.68 bits per heavy atom. The van der Waals surface area contributed by atoms with Crippen molar-refractivity contribution >= 4 is 12.0 Å². The van der Waals surface area contributed by atoms with Crippen LogP contribution in [0.2, 0.25) is 0 Å². The monoisotopic (exact) mass is 524 g/mol. The second kappa shape index (κ2) is 11.3. The van der Waals surface area contributed by atoms with Gasteiger partial charge in [0, 0.05) is 33.0 Å². The number of nitrogens with zero attached hydrogens (tertiary/aromatic N) is 1. The van der Waals surface area contributed by atoms with E-state index in [2.05, 4.69) is 10.1 Å². The molecule has 3 rings (SSSR count). The number of urea groups is 1. The van der Waals surface area contributed by atoms with Gasteiger partial charge in [-0.05, 0) is 55.7 Å². The number of halogens is 3. The summed E-state index contributed by atoms with van der Waals surface area (Å²) in [4.78, 5) is 25.4. The molecule has 2 aromatic carbocycles. The van der Waals surface area contributed by atoms with E-state index in [1.54, 1.807) is 55.3 Å². The zero-order chi connectivity index (χ0) is 27.3. The molecule has 0 aromatic heterocycles. The highest BCUT2D eigenvalue weighted by Gasteiger charge is 2.43. The molecule has 2 atom stereocenters. The van der Waals surface area contributed by atoms with Crippen LogP contribution in [-0.2, 0) is 22.4 Å². The third-order valence-electron chi connectivity index (χ3n) is 6.49. The number of nitrogens with one attached hydrogen (secondary N) is 1. The molecule has 0 spiro atoms. The molecule has 0 bridgehead atoms. The summed E-state index contributed by atoms with van der Waals surface area (Å²) in [5, 5.41) is 12.3. The lowest BCUT2D eigenvalue weighted by atomic mass is 9.87. The zero-order valence-corrected chi connectivity index (χ0v) is 20.9. The Labute approximate surface area is 213 Å². The summed E-state index contributed by atoms with van der Waals surface area (Å²) < 4.78 is 52.6. The SMILES string of the molecule is CCOC(C)(Cc1ccc(OCCC2(Cc3ccc(OC(F)(F)F)cc3)CNC(=O)N2C)cc1)C(=O)O. The minimum absolute atomic E-state index is 0.199. The normalized spacial score (nSPS) is 19.3. The summed E-state index contributed by atoms with van der Waals surface area (Å²) in [6.45, 7) is 4.19. The molecule has 1 fully saturated rings. The second-order valence-corrected chi connectivity index (χ2v) is 9.20. The van der Waals surface area contributed by atoms with E-state index in [9.17, 15) is 27.9 Å². The van der Waals surface area contributed by atoms with Crippen molar-refractivity contribution in [3.05, 3.63) is 59.7 Å². The summed E-state index contributed by atoms with van der Waals surface area (Å²) >= 11 is 0. The van der Waals surface area contributed by atoms with Crippen molar-refractivity contribution in [3.8, 4) is 11.5 Å². The minimum Gasteiger partial charge on any atom is -0.494 e. The highest BCUT2D eigenvalue weighted by atomic mass is 19.4. The number of carboxylic acids is 1. The van der Waals surface area contributed by atoms with Gasteiger partial charge in [0.2, 0.25) is 0 Å². The van der Waals surface area contributed by atoms with Crippen LogP contribution in [0.15, 0.2) is 48.5 Å². The van der Waals surface area contributed by atoms with Crippen molar-refractivity contribution in [2.75, 3.05) is 26.8 Å². The van der Waals surface area contributed by atoms with Gasteiger partial charge >= 0.3 is 18.4 Å². The van der Waals surface area contributed by atoms with Gasteiger partial charge in [-0.15, -0.1) is 13.2 Å². The Bertz CT molecular complexity index is 1080. The van der Waals surface area contributed by atoms with E-state index < -0.39 is 23.5 Å². The Morgan fingerprint density at radius 3 is 2.19 bits per heavy atom. The van der Waals surface area contributed by atoms with Crippen LogP contribution in [-0.4, -0.2) is 66.3 Å². The number of likely N-dealkylation sites (N-methyl/N-ethyl adjacent to an activating group) is 1. The van der Waals surface area contributed by atoms with E-state index in [4.69, 9.17) is 9.47 Å². The Balaban J connectivity index is 1.63. The van der Waals surface area contributed by atoms with Crippen LogP contribution in [0.3, 0.4) is 0 Å². The number of hydrogen-bond acceptors (Lipinski definition) is 5. The number of benzene rings is 2. The lowest BCUT2D eigenvalue weighted by Crippen LogP contribution is -2.47. The van der Waals surface area contributed by atoms with E-state index >= 15 is 0 Å². The third kappa shape index (κ3) is 7.28. The first kappa shape index (κ1) is 28.1. The Morgan fingerprint density at radius 1 is 1.08 bits per heavy atom. The van der Waals surface area contributed by atoms with E-state index in [1.807, 2.05) is 0 Å². The average Bonchev–Trinajstić information content (AvgIpc) is 3.09. The lowest BCUT2D eigenvalue weighted by Gasteiger charge is -2.35. The minimum atomic E-state index is -4.76. The van der Waals surface area contributed by atoms with Gasteiger partial charge < -0.3 is 29.5 Å². The van der Waals surface area contributed by atoms with Crippen molar-refractivity contribution < 1.29 is 42.1 Å². The molecule has 1 aliphatic rings. The quantitative estimate of drug-likeness (QED) is 0.427. The number of alkyl halides is 3. The number of aliphatic carboxylic acids is 1. The fourth-order valence-electron chi connectivity index (χ4n) is 4.37. The van der Waals surface area contributed by atoms with Gasteiger partial charge in [-0.25, -0.2) is 9.59 Å². The first-order valence-electron chi connectivity index (χ1n) is 11.8. The van der Waals surface area contributed by atoms with Gasteiger partial charge in [0.15, 0.2) is 5.60 Å². The van der Waals surface area contributed by atoms with Crippen molar-refractivity contribution in [2.24, 2.45) is 0 Å². The summed E-state index contributed by atoms with van der Waals surface area (Å²) in [5.41, 5.74) is -0.430. The van der Waals surface area contributed by atoms with Crippen LogP contribution in [0.1, 0.15) is 31.4 Å². The molecule has 11 heteroatoms. The first-order chi connectivity index (χ1) is 17.4. The molecule has 1 heterocycles. The van der Waals surface area contributed by atoms with Gasteiger partial charge in [0.05, 0.1) is 12.1 Å². The van der Waals surface area contributed by atoms with Crippen LogP contribution in [0, 0.1) is 0 Å². The number of carboxylic acid groups (broad SMARTS) is 1. The number of rotatable bonds is 12. The van der Waals surface area contributed by atoms with Gasteiger partial charge in [-0.1, -0.05) is 24.3 Å². The molecule has 1 aliphatic heterocycles. The van der Waals surface area contributed by atoms with Crippen LogP contribution in [0.25, 0.3) is 0 Å². The fourth-order valence-corrected chi connectivity index (χ4v) is 4.37. The molecule has 8 nitrogen and oxygen atoms in total. The molecular formula is C26H31F3N2O6. The second-order valence-electron chi connectivity index (χ2n) is 9.20. The molecule has 1 saturated heterocycles. The summed E-state index contributed by atoms with van der Waals surface area (Å²) in [6.07, 6.45) is -3.70. The van der Waals surface area contributed by atoms with Crippen molar-refractivity contribution in [1.82, 2.24) is 10.2 Å². The van der Waals surface area contributed by atoms with E-state index in [-0.39, 0.29) is 31.4 Å². The number of ether oxygens (including phenoxy) is 3. The Kier molecular flexibility index (Phi) is 8.57. The maximum atomic E-state index is 12.4. The number of carbonyl (C=O) groups excluding carboxylic acids is 1. The van der Waals surface area contributed by atoms with E-state index in [1.165, 1.54) is 19.1 Å². The maximum absolute atomic E-state index is 12.4. The highest BCUT2D eigenvalue weighted by Crippen LogP contribution is 2.30. The topological polar surface area (TPSA) is 97.3 Å². The molecule has 2 amide bonds. The standard InChI is InChI=1S/C26H31F3N2O6/c1-4-36-24(2,22(32)33)15-18-5-9-20(10-6-18)35-14-13-25(17-30-23(34)31(25)3)16-19-7-11-21(12-8-19)37-26(27,28)29/h5-12H,4,13-17H2,1-3H3,(H,30,34)(H,32,33). The molecule has 2 unspecified atom stereocenters. The van der Waals surface area contributed by atoms with Gasteiger partial charge in [-0.2, -0.15) is 0 Å². The molecule has 0 radical (unpaired) electrons. The number of hydrogen-bond donors (Lipinski definition) is 2. The number of amides is 2. The fraction of sp³-hybridized carbons (Fsp3) is 0.462. The average molecular weight is 525 g/mol. The summed E-state index contributed by atoms with van der Waals surface area (Å²) in [5.74, 6) is -0.761. The number of carbonyl (C=O) groups is 2. The largest absolute Gasteiger partial charge is 0.573 e. The van der Waals surface area contributed by atoms with E-state index in [0.29, 0.717) is 25.1 Å². The zero-order valence-electron chi connectivity index (χ0n) is 20.9. The van der Waals surface area contributed by atoms with Crippen molar-refractivity contribution in [2.45, 2.75) is 50.6 Å². The van der Waals surface area contributed by atoms with Crippen molar-refractivity contribution in [3.63, 3.8) is 0 Å². The molecule has 37 heavy (non-hydrogen) atoms. The third-order valence-corrected chi connectivity index (χ3v) is 6.49. The van der Waals surface area contributed by atoms with E-state index in [0.717, 1.165) is 11.1 Å².